The van der Waals surface area contributed by atoms with E-state index >= 15 is 0 Å². The lowest BCUT2D eigenvalue weighted by atomic mass is 9.97. The van der Waals surface area contributed by atoms with Crippen LogP contribution >= 0.6 is 0 Å². The Balaban J connectivity index is 1.22. The summed E-state index contributed by atoms with van der Waals surface area (Å²) < 4.78 is 64.4. The average Bonchev–Trinajstić information content (AvgIpc) is 3.57. The first-order valence-corrected chi connectivity index (χ1v) is 17.1. The number of benzene rings is 1. The fourth-order valence-electron chi connectivity index (χ4n) is 5.85. The maximum absolute atomic E-state index is 13.5. The van der Waals surface area contributed by atoms with Crippen LogP contribution in [0.1, 0.15) is 57.8 Å². The fraction of sp³-hybridized carbons (Fsp3) is 0.500. The van der Waals surface area contributed by atoms with Gasteiger partial charge in [-0.1, -0.05) is 24.6 Å². The van der Waals surface area contributed by atoms with Gasteiger partial charge in [0.25, 0.3) is 10.0 Å². The summed E-state index contributed by atoms with van der Waals surface area (Å²) in [5.74, 6) is 0.563. The molecule has 1 saturated heterocycles. The van der Waals surface area contributed by atoms with Crippen molar-refractivity contribution in [2.75, 3.05) is 13.1 Å². The Bertz CT molecular complexity index is 1920. The molecule has 0 spiro atoms. The van der Waals surface area contributed by atoms with Crippen LogP contribution in [0.5, 0.6) is 0 Å². The summed E-state index contributed by atoms with van der Waals surface area (Å²) in [6.45, 7) is 9.39. The molecule has 1 amide bonds. The normalized spacial score (nSPS) is 21.9. The van der Waals surface area contributed by atoms with Crippen molar-refractivity contribution in [2.45, 2.75) is 75.2 Å². The first-order valence-electron chi connectivity index (χ1n) is 14.2. The molecule has 0 unspecified atom stereocenters. The van der Waals surface area contributed by atoms with Crippen molar-refractivity contribution < 1.29 is 26.4 Å². The average molecular weight is 630 g/mol. The van der Waals surface area contributed by atoms with Crippen LogP contribution in [0.25, 0.3) is 16.8 Å². The summed E-state index contributed by atoms with van der Waals surface area (Å²) in [5, 5.41) is 8.03. The molecule has 1 aromatic carbocycles. The number of ether oxygens (including phenoxy) is 1. The van der Waals surface area contributed by atoms with Crippen LogP contribution in [0.15, 0.2) is 47.6 Å². The summed E-state index contributed by atoms with van der Waals surface area (Å²) in [6, 6.07) is 7.99. The monoisotopic (exact) mass is 629 g/mol. The third-order valence-electron chi connectivity index (χ3n) is 8.12. The first-order chi connectivity index (χ1) is 20.1. The van der Waals surface area contributed by atoms with Crippen LogP contribution in [0.2, 0.25) is 0 Å². The number of aryl methyl sites for hydroxylation is 1. The topological polar surface area (TPSA) is 158 Å². The van der Waals surface area contributed by atoms with Gasteiger partial charge in [0.1, 0.15) is 16.7 Å². The van der Waals surface area contributed by atoms with Crippen molar-refractivity contribution in [1.82, 2.24) is 33.2 Å². The minimum Gasteiger partial charge on any atom is -0.444 e. The Morgan fingerprint density at radius 1 is 1.02 bits per heavy atom. The molecular formula is C28H35N7O6S2. The lowest BCUT2D eigenvalue weighted by molar-refractivity contribution is 0.0138. The van der Waals surface area contributed by atoms with Gasteiger partial charge in [-0.25, -0.2) is 35.3 Å². The predicted octanol–water partition coefficient (Wildman–Crippen LogP) is 3.05. The van der Waals surface area contributed by atoms with Crippen LogP contribution in [0, 0.1) is 12.8 Å². The number of carbonyl (C=O) groups excluding carboxylic acids is 1. The number of aromatic nitrogens is 5. The summed E-state index contributed by atoms with van der Waals surface area (Å²) >= 11 is 0. The minimum atomic E-state index is -3.90. The highest BCUT2D eigenvalue weighted by molar-refractivity contribution is 7.90. The molecule has 3 aromatic heterocycles. The molecular weight excluding hydrogens is 594 g/mol. The smallest absolute Gasteiger partial charge is 0.410 e. The highest BCUT2D eigenvalue weighted by Gasteiger charge is 2.44. The second-order valence-electron chi connectivity index (χ2n) is 12.6. The van der Waals surface area contributed by atoms with E-state index in [1.165, 1.54) is 17.3 Å². The number of carbonyl (C=O) groups is 1. The van der Waals surface area contributed by atoms with Gasteiger partial charge in [-0.3, -0.25) is 4.40 Å². The van der Waals surface area contributed by atoms with Gasteiger partial charge < -0.3 is 9.64 Å². The molecule has 6 rings (SSSR count). The lowest BCUT2D eigenvalue weighted by Gasteiger charge is -2.39. The Morgan fingerprint density at radius 2 is 1.72 bits per heavy atom. The maximum Gasteiger partial charge on any atom is 0.410 e. The second kappa shape index (κ2) is 10.3. The third-order valence-corrected chi connectivity index (χ3v) is 11.6. The van der Waals surface area contributed by atoms with Crippen LogP contribution in [0.4, 0.5) is 4.79 Å². The number of nitrogens with zero attached hydrogens (tertiary/aromatic N) is 6. The zero-order valence-corrected chi connectivity index (χ0v) is 26.3. The number of sulfonamides is 1. The summed E-state index contributed by atoms with van der Waals surface area (Å²) in [6.07, 6.45) is 3.54. The third kappa shape index (κ3) is 5.38. The SMILES string of the molecule is Cc1ccc(S(=O)(=O)n2ccc3c2ncc2nnc([C@H]4C[C@@H](NS(=O)(=O)C5CN(C(=O)OC(C)(C)C)C5)C[C@H]4C)n23)cc1. The number of likely N-dealkylation sites (tertiary alicyclic amines) is 1. The number of nitrogens with one attached hydrogen (secondary N) is 1. The zero-order chi connectivity index (χ0) is 30.9. The van der Waals surface area contributed by atoms with E-state index in [-0.39, 0.29) is 41.5 Å². The molecule has 43 heavy (non-hydrogen) atoms. The van der Waals surface area contributed by atoms with Crippen LogP contribution in [-0.4, -0.2) is 81.4 Å². The van der Waals surface area contributed by atoms with Crippen molar-refractivity contribution in [3.8, 4) is 0 Å². The molecule has 4 heterocycles. The zero-order valence-electron chi connectivity index (χ0n) is 24.6. The summed E-state index contributed by atoms with van der Waals surface area (Å²) in [4.78, 5) is 18.2. The summed E-state index contributed by atoms with van der Waals surface area (Å²) in [5.41, 5.74) is 1.56. The van der Waals surface area contributed by atoms with Crippen molar-refractivity contribution in [1.29, 1.82) is 0 Å². The van der Waals surface area contributed by atoms with Crippen molar-refractivity contribution >= 4 is 43.0 Å². The molecule has 1 N–H and O–H groups in total. The van der Waals surface area contributed by atoms with E-state index in [4.69, 9.17) is 4.74 Å². The number of rotatable bonds is 6. The number of hydrogen-bond acceptors (Lipinski definition) is 9. The van der Waals surface area contributed by atoms with Crippen LogP contribution in [-0.2, 0) is 24.8 Å². The van der Waals surface area contributed by atoms with Crippen LogP contribution < -0.4 is 4.72 Å². The summed E-state index contributed by atoms with van der Waals surface area (Å²) in [7, 11) is -7.57. The van der Waals surface area contributed by atoms with Crippen molar-refractivity contribution in [3.05, 3.63) is 54.1 Å². The lowest BCUT2D eigenvalue weighted by Crippen LogP contribution is -2.60. The Morgan fingerprint density at radius 3 is 2.40 bits per heavy atom. The molecule has 15 heteroatoms. The molecule has 1 aliphatic heterocycles. The Hall–Kier alpha value is -3.56. The van der Waals surface area contributed by atoms with Crippen molar-refractivity contribution in [2.24, 2.45) is 5.92 Å². The first kappa shape index (κ1) is 29.5. The Labute approximate surface area is 250 Å². The Kier molecular flexibility index (Phi) is 7.05. The van der Waals surface area contributed by atoms with E-state index in [0.29, 0.717) is 29.8 Å². The molecule has 2 fully saturated rings. The van der Waals surface area contributed by atoms with E-state index < -0.39 is 37.0 Å². The molecule has 2 aliphatic rings. The van der Waals surface area contributed by atoms with Gasteiger partial charge in [-0.15, -0.1) is 10.2 Å². The van der Waals surface area contributed by atoms with Gasteiger partial charge in [0.15, 0.2) is 11.3 Å². The van der Waals surface area contributed by atoms with E-state index in [1.807, 2.05) is 18.2 Å². The van der Waals surface area contributed by atoms with Gasteiger partial charge in [0.05, 0.1) is 16.6 Å². The predicted molar refractivity (Wildman–Crippen MR) is 159 cm³/mol. The molecule has 4 aromatic rings. The molecule has 13 nitrogen and oxygen atoms in total. The highest BCUT2D eigenvalue weighted by atomic mass is 32.2. The van der Waals surface area contributed by atoms with Crippen LogP contribution in [0.3, 0.4) is 0 Å². The van der Waals surface area contributed by atoms with E-state index in [2.05, 4.69) is 19.9 Å². The molecule has 3 atom stereocenters. The standard InChI is InChI=1S/C28H35N7O6S2/c1-17-6-8-20(9-7-17)43(39,40)34-11-10-23-26(34)29-14-24-30-31-25(35(23)24)22-13-19(12-18(22)2)32-42(37,38)21-15-33(16-21)27(36)41-28(3,4)5/h6-11,14,18-19,21-22,32H,12-13,15-16H2,1-5H3/t18-,19+,22+/m1/s1. The number of amides is 1. The van der Waals surface area contributed by atoms with E-state index in [9.17, 15) is 21.6 Å². The van der Waals surface area contributed by atoms with Gasteiger partial charge in [0, 0.05) is 31.2 Å². The minimum absolute atomic E-state index is 0.0707. The molecule has 0 radical (unpaired) electrons. The number of fused-ring (bicyclic) bond motifs is 3. The van der Waals surface area contributed by atoms with Gasteiger partial charge in [0.2, 0.25) is 10.0 Å². The van der Waals surface area contributed by atoms with Gasteiger partial charge in [-0.05, 0) is 64.7 Å². The molecule has 230 valence electrons. The van der Waals surface area contributed by atoms with Gasteiger partial charge in [-0.2, -0.15) is 0 Å². The molecule has 1 saturated carbocycles. The largest absolute Gasteiger partial charge is 0.444 e. The quantitative estimate of drug-likeness (QED) is 0.338. The highest BCUT2D eigenvalue weighted by Crippen LogP contribution is 2.40. The van der Waals surface area contributed by atoms with E-state index in [1.54, 1.807) is 51.1 Å². The number of hydrogen-bond donors (Lipinski definition) is 1. The maximum atomic E-state index is 13.5. The van der Waals surface area contributed by atoms with E-state index in [0.717, 1.165) is 9.54 Å². The van der Waals surface area contributed by atoms with Crippen molar-refractivity contribution in [3.63, 3.8) is 0 Å². The molecule has 1 aliphatic carbocycles. The fourth-order valence-corrected chi connectivity index (χ4v) is 8.75. The second-order valence-corrected chi connectivity index (χ2v) is 16.4. The molecule has 0 bridgehead atoms. The van der Waals surface area contributed by atoms with Gasteiger partial charge >= 0.3 is 6.09 Å².